The van der Waals surface area contributed by atoms with Crippen molar-refractivity contribution in [1.82, 2.24) is 4.98 Å². The van der Waals surface area contributed by atoms with Crippen LogP contribution < -0.4 is 4.74 Å². The predicted molar refractivity (Wildman–Crippen MR) is 34.2 cm³/mol. The Balaban J connectivity index is 2.94. The molecule has 1 aromatic heterocycles. The highest BCUT2D eigenvalue weighted by atomic mass is 16.5. The van der Waals surface area contributed by atoms with Crippen LogP contribution in [0.5, 0.6) is 5.88 Å². The van der Waals surface area contributed by atoms with E-state index in [1.165, 1.54) is 0 Å². The summed E-state index contributed by atoms with van der Waals surface area (Å²) in [7, 11) is 1.56. The molecule has 1 rings (SSSR count). The molecule has 0 saturated carbocycles. The fraction of sp³-hybridized carbons (Fsp3) is 0.143. The Morgan fingerprint density at radius 2 is 2.33 bits per heavy atom. The van der Waals surface area contributed by atoms with Crippen LogP contribution >= 0.6 is 0 Å². The van der Waals surface area contributed by atoms with E-state index in [2.05, 4.69) is 4.98 Å². The molecule has 0 fully saturated rings. The van der Waals surface area contributed by atoms with Gasteiger partial charge in [0.15, 0.2) is 0 Å². The van der Waals surface area contributed by atoms with Gasteiger partial charge in [-0.25, -0.2) is 4.98 Å². The van der Waals surface area contributed by atoms with Crippen molar-refractivity contribution in [3.8, 4) is 5.88 Å². The fourth-order valence-corrected chi connectivity index (χ4v) is 0.544. The lowest BCUT2D eigenvalue weighted by Crippen LogP contribution is -1.87. The smallest absolute Gasteiger partial charge is 0.213 e. The first-order valence-electron chi connectivity index (χ1n) is 2.59. The van der Waals surface area contributed by atoms with Crippen molar-refractivity contribution in [2.24, 2.45) is 0 Å². The van der Waals surface area contributed by atoms with Gasteiger partial charge in [-0.2, -0.15) is 0 Å². The first kappa shape index (κ1) is 6.08. The Hall–Kier alpha value is -1.05. The SMILES string of the molecule is [CH]c1cccc(OC)n1. The van der Waals surface area contributed by atoms with E-state index < -0.39 is 0 Å². The molecule has 2 heteroatoms. The van der Waals surface area contributed by atoms with Crippen molar-refractivity contribution in [3.63, 3.8) is 0 Å². The second-order valence-corrected chi connectivity index (χ2v) is 1.60. The zero-order chi connectivity index (χ0) is 6.69. The van der Waals surface area contributed by atoms with Gasteiger partial charge in [-0.3, -0.25) is 0 Å². The maximum atomic E-state index is 5.34. The zero-order valence-corrected chi connectivity index (χ0v) is 5.16. The van der Waals surface area contributed by atoms with Crippen LogP contribution in [0.4, 0.5) is 0 Å². The highest BCUT2D eigenvalue weighted by molar-refractivity contribution is 5.16. The molecule has 0 aromatic carbocycles. The van der Waals surface area contributed by atoms with Crippen molar-refractivity contribution >= 4 is 0 Å². The Bertz CT molecular complexity index is 198. The summed E-state index contributed by atoms with van der Waals surface area (Å²) in [6, 6.07) is 5.25. The van der Waals surface area contributed by atoms with E-state index in [4.69, 9.17) is 11.7 Å². The summed E-state index contributed by atoms with van der Waals surface area (Å²) < 4.78 is 4.80. The molecule has 0 atom stereocenters. The van der Waals surface area contributed by atoms with Crippen molar-refractivity contribution in [2.45, 2.75) is 0 Å². The number of hydrogen-bond acceptors (Lipinski definition) is 2. The summed E-state index contributed by atoms with van der Waals surface area (Å²) in [5.41, 5.74) is 0.481. The van der Waals surface area contributed by atoms with Crippen LogP contribution in [-0.2, 0) is 0 Å². The molecular formula is C7H7NO. The normalized spacial score (nSPS) is 9.11. The molecule has 1 heterocycles. The molecule has 0 bridgehead atoms. The number of aromatic nitrogens is 1. The lowest BCUT2D eigenvalue weighted by atomic mass is 10.4. The Morgan fingerprint density at radius 1 is 1.56 bits per heavy atom. The summed E-state index contributed by atoms with van der Waals surface area (Å²) >= 11 is 0. The highest BCUT2D eigenvalue weighted by Gasteiger charge is 1.88. The molecule has 0 saturated heterocycles. The van der Waals surface area contributed by atoms with Gasteiger partial charge in [0.1, 0.15) is 0 Å². The summed E-state index contributed by atoms with van der Waals surface area (Å²) in [5.74, 6) is 0.551. The summed E-state index contributed by atoms with van der Waals surface area (Å²) in [5, 5.41) is 0. The first-order chi connectivity index (χ1) is 4.33. The van der Waals surface area contributed by atoms with Crippen LogP contribution in [0.1, 0.15) is 5.69 Å². The third kappa shape index (κ3) is 1.42. The highest BCUT2D eigenvalue weighted by Crippen LogP contribution is 2.04. The number of pyridine rings is 1. The van der Waals surface area contributed by atoms with E-state index in [1.54, 1.807) is 25.3 Å². The van der Waals surface area contributed by atoms with Crippen molar-refractivity contribution in [3.05, 3.63) is 30.8 Å². The van der Waals surface area contributed by atoms with Crippen molar-refractivity contribution in [2.75, 3.05) is 7.11 Å². The number of methoxy groups -OCH3 is 1. The molecule has 0 unspecified atom stereocenters. The third-order valence-electron chi connectivity index (χ3n) is 0.954. The quantitative estimate of drug-likeness (QED) is 0.556. The van der Waals surface area contributed by atoms with Gasteiger partial charge >= 0.3 is 0 Å². The topological polar surface area (TPSA) is 22.1 Å². The van der Waals surface area contributed by atoms with Crippen LogP contribution in [0.25, 0.3) is 0 Å². The number of nitrogens with zero attached hydrogens (tertiary/aromatic N) is 1. The van der Waals surface area contributed by atoms with Gasteiger partial charge in [-0.15, -0.1) is 0 Å². The van der Waals surface area contributed by atoms with Gasteiger partial charge in [-0.1, -0.05) is 6.07 Å². The third-order valence-corrected chi connectivity index (χ3v) is 0.954. The molecule has 0 N–H and O–H groups in total. The molecule has 0 aliphatic heterocycles. The fourth-order valence-electron chi connectivity index (χ4n) is 0.544. The van der Waals surface area contributed by atoms with Crippen molar-refractivity contribution < 1.29 is 4.74 Å². The summed E-state index contributed by atoms with van der Waals surface area (Å²) in [6.07, 6.45) is 0. The van der Waals surface area contributed by atoms with E-state index in [9.17, 15) is 0 Å². The predicted octanol–water partition coefficient (Wildman–Crippen LogP) is 1.15. The second-order valence-electron chi connectivity index (χ2n) is 1.60. The van der Waals surface area contributed by atoms with E-state index in [0.717, 1.165) is 0 Å². The Kier molecular flexibility index (Phi) is 1.68. The Morgan fingerprint density at radius 3 is 2.78 bits per heavy atom. The number of rotatable bonds is 1. The molecule has 46 valence electrons. The molecule has 1 aromatic rings. The van der Waals surface area contributed by atoms with Gasteiger partial charge in [0, 0.05) is 18.7 Å². The molecular weight excluding hydrogens is 114 g/mol. The van der Waals surface area contributed by atoms with Crippen molar-refractivity contribution in [1.29, 1.82) is 0 Å². The minimum absolute atomic E-state index is 0.481. The van der Waals surface area contributed by atoms with Gasteiger partial charge in [0.05, 0.1) is 7.11 Å². The molecule has 0 amide bonds. The first-order valence-corrected chi connectivity index (χ1v) is 2.59. The van der Waals surface area contributed by atoms with Crippen LogP contribution in [0, 0.1) is 6.92 Å². The van der Waals surface area contributed by atoms with Crippen LogP contribution in [-0.4, -0.2) is 12.1 Å². The monoisotopic (exact) mass is 121 g/mol. The maximum Gasteiger partial charge on any atom is 0.213 e. The molecule has 0 aliphatic rings. The maximum absolute atomic E-state index is 5.34. The van der Waals surface area contributed by atoms with E-state index in [0.29, 0.717) is 11.6 Å². The minimum Gasteiger partial charge on any atom is -0.481 e. The lowest BCUT2D eigenvalue weighted by Gasteiger charge is -1.96. The molecule has 2 nitrogen and oxygen atoms in total. The van der Waals surface area contributed by atoms with E-state index >= 15 is 0 Å². The standard InChI is InChI=1S/C7H7NO/c1-6-4-3-5-7(8-6)9-2/h1,3-5H,2H3. The van der Waals surface area contributed by atoms with Gasteiger partial charge in [-0.05, 0) is 6.07 Å². The van der Waals surface area contributed by atoms with Gasteiger partial charge in [0.25, 0.3) is 0 Å². The van der Waals surface area contributed by atoms with Crippen LogP contribution in [0.15, 0.2) is 18.2 Å². The zero-order valence-electron chi connectivity index (χ0n) is 5.16. The lowest BCUT2D eigenvalue weighted by molar-refractivity contribution is 0.397. The summed E-state index contributed by atoms with van der Waals surface area (Å²) in [4.78, 5) is 3.85. The van der Waals surface area contributed by atoms with Gasteiger partial charge in [0.2, 0.25) is 5.88 Å². The molecule has 0 spiro atoms. The summed E-state index contributed by atoms with van der Waals surface area (Å²) in [6.45, 7) is 5.34. The molecule has 9 heavy (non-hydrogen) atoms. The second kappa shape index (κ2) is 2.49. The molecule has 0 aliphatic carbocycles. The number of hydrogen-bond donors (Lipinski definition) is 0. The average molecular weight is 121 g/mol. The Labute approximate surface area is 54.5 Å². The van der Waals surface area contributed by atoms with Crippen LogP contribution in [0.2, 0.25) is 0 Å². The van der Waals surface area contributed by atoms with E-state index in [1.807, 2.05) is 0 Å². The van der Waals surface area contributed by atoms with Crippen LogP contribution in [0.3, 0.4) is 0 Å². The van der Waals surface area contributed by atoms with E-state index in [-0.39, 0.29) is 0 Å². The average Bonchev–Trinajstić information content (AvgIpc) is 1.88. The largest absolute Gasteiger partial charge is 0.481 e. The van der Waals surface area contributed by atoms with Gasteiger partial charge < -0.3 is 4.74 Å². The molecule has 2 radical (unpaired) electrons. The number of ether oxygens (including phenoxy) is 1. The minimum atomic E-state index is 0.481.